The Morgan fingerprint density at radius 2 is 1.96 bits per heavy atom. The molecule has 1 aromatic carbocycles. The van der Waals surface area contributed by atoms with Crippen LogP contribution in [0.1, 0.15) is 28.9 Å². The molecule has 1 aromatic heterocycles. The third-order valence-electron chi connectivity index (χ3n) is 3.62. The zero-order valence-electron chi connectivity index (χ0n) is 11.9. The minimum atomic E-state index is -0.686. The Bertz CT molecular complexity index is 766. The van der Waals surface area contributed by atoms with Gasteiger partial charge in [0.2, 0.25) is 0 Å². The molecule has 3 nitrogen and oxygen atoms in total. The zero-order chi connectivity index (χ0) is 16.6. The van der Waals surface area contributed by atoms with Gasteiger partial charge in [-0.2, -0.15) is 0 Å². The molecule has 2 aromatic rings. The van der Waals surface area contributed by atoms with Crippen molar-refractivity contribution in [3.8, 4) is 0 Å². The molecular formula is C16H12Cl2F2N2O. The van der Waals surface area contributed by atoms with Gasteiger partial charge in [0, 0.05) is 24.2 Å². The van der Waals surface area contributed by atoms with Gasteiger partial charge < -0.3 is 4.90 Å². The summed E-state index contributed by atoms with van der Waals surface area (Å²) in [6.45, 7) is 0.0279. The number of pyridine rings is 1. The molecule has 1 aliphatic carbocycles. The number of aromatic nitrogens is 1. The maximum atomic E-state index is 13.9. The first-order valence-electron chi connectivity index (χ1n) is 7.02. The third-order valence-corrected chi connectivity index (χ3v) is 4.13. The van der Waals surface area contributed by atoms with E-state index in [1.807, 2.05) is 0 Å². The van der Waals surface area contributed by atoms with E-state index in [-0.39, 0.29) is 34.0 Å². The van der Waals surface area contributed by atoms with Crippen LogP contribution in [-0.2, 0) is 6.54 Å². The minimum Gasteiger partial charge on any atom is -0.330 e. The summed E-state index contributed by atoms with van der Waals surface area (Å²) in [7, 11) is 0. The largest absolute Gasteiger partial charge is 0.330 e. The van der Waals surface area contributed by atoms with E-state index >= 15 is 0 Å². The Balaban J connectivity index is 1.89. The molecule has 1 fully saturated rings. The van der Waals surface area contributed by atoms with E-state index in [9.17, 15) is 13.6 Å². The molecule has 7 heteroatoms. The number of carbonyl (C=O) groups excluding carboxylic acids is 1. The molecule has 0 aliphatic heterocycles. The second-order valence-electron chi connectivity index (χ2n) is 5.36. The Labute approximate surface area is 141 Å². The van der Waals surface area contributed by atoms with Gasteiger partial charge in [0.1, 0.15) is 22.5 Å². The van der Waals surface area contributed by atoms with E-state index in [1.54, 1.807) is 0 Å². The highest BCUT2D eigenvalue weighted by molar-refractivity contribution is 6.34. The summed E-state index contributed by atoms with van der Waals surface area (Å²) < 4.78 is 26.9. The van der Waals surface area contributed by atoms with Crippen LogP contribution in [0.2, 0.25) is 10.2 Å². The van der Waals surface area contributed by atoms with Gasteiger partial charge in [0.25, 0.3) is 5.91 Å². The van der Waals surface area contributed by atoms with Gasteiger partial charge in [0.05, 0.1) is 5.02 Å². The summed E-state index contributed by atoms with van der Waals surface area (Å²) in [4.78, 5) is 18.2. The molecule has 0 radical (unpaired) electrons. The smallest absolute Gasteiger partial charge is 0.274 e. The van der Waals surface area contributed by atoms with Gasteiger partial charge in [-0.25, -0.2) is 13.8 Å². The normalized spacial score (nSPS) is 13.9. The van der Waals surface area contributed by atoms with Crippen molar-refractivity contribution in [1.82, 2.24) is 9.88 Å². The van der Waals surface area contributed by atoms with Crippen molar-refractivity contribution in [3.05, 3.63) is 63.4 Å². The average molecular weight is 357 g/mol. The van der Waals surface area contributed by atoms with E-state index < -0.39 is 17.5 Å². The van der Waals surface area contributed by atoms with E-state index in [1.165, 1.54) is 29.2 Å². The van der Waals surface area contributed by atoms with Gasteiger partial charge in [0.15, 0.2) is 0 Å². The summed E-state index contributed by atoms with van der Waals surface area (Å²) in [5, 5.41) is 0.339. The molecule has 120 valence electrons. The number of halogens is 4. The highest BCUT2D eigenvalue weighted by atomic mass is 35.5. The Kier molecular flexibility index (Phi) is 4.50. The van der Waals surface area contributed by atoms with Crippen LogP contribution in [0.4, 0.5) is 8.78 Å². The first-order chi connectivity index (χ1) is 11.0. The van der Waals surface area contributed by atoms with Crippen LogP contribution in [0.25, 0.3) is 0 Å². The topological polar surface area (TPSA) is 33.2 Å². The van der Waals surface area contributed by atoms with E-state index in [0.29, 0.717) is 0 Å². The number of carbonyl (C=O) groups is 1. The van der Waals surface area contributed by atoms with Crippen molar-refractivity contribution in [1.29, 1.82) is 0 Å². The maximum absolute atomic E-state index is 13.9. The van der Waals surface area contributed by atoms with Crippen LogP contribution in [-0.4, -0.2) is 21.8 Å². The van der Waals surface area contributed by atoms with Gasteiger partial charge >= 0.3 is 0 Å². The van der Waals surface area contributed by atoms with E-state index in [2.05, 4.69) is 4.98 Å². The first-order valence-corrected chi connectivity index (χ1v) is 7.78. The van der Waals surface area contributed by atoms with Crippen molar-refractivity contribution in [2.45, 2.75) is 25.4 Å². The minimum absolute atomic E-state index is 0.00352. The van der Waals surface area contributed by atoms with Crippen LogP contribution in [0.15, 0.2) is 30.3 Å². The number of nitrogens with zero attached hydrogens (tertiary/aromatic N) is 2. The average Bonchev–Trinajstić information content (AvgIpc) is 3.33. The lowest BCUT2D eigenvalue weighted by atomic mass is 10.1. The van der Waals surface area contributed by atoms with Crippen molar-refractivity contribution >= 4 is 29.1 Å². The maximum Gasteiger partial charge on any atom is 0.274 e. The molecule has 0 unspecified atom stereocenters. The number of hydrogen-bond donors (Lipinski definition) is 0. The quantitative estimate of drug-likeness (QED) is 0.757. The first kappa shape index (κ1) is 16.1. The molecule has 0 atom stereocenters. The molecule has 1 heterocycles. The van der Waals surface area contributed by atoms with Gasteiger partial charge in [-0.15, -0.1) is 0 Å². The van der Waals surface area contributed by atoms with Crippen molar-refractivity contribution in [3.63, 3.8) is 0 Å². The Morgan fingerprint density at radius 1 is 1.22 bits per heavy atom. The monoisotopic (exact) mass is 356 g/mol. The van der Waals surface area contributed by atoms with Crippen LogP contribution in [0.3, 0.4) is 0 Å². The molecular weight excluding hydrogens is 345 g/mol. The van der Waals surface area contributed by atoms with Crippen molar-refractivity contribution in [2.75, 3.05) is 0 Å². The lowest BCUT2D eigenvalue weighted by Crippen LogP contribution is -2.33. The molecule has 0 bridgehead atoms. The van der Waals surface area contributed by atoms with Crippen LogP contribution >= 0.6 is 23.2 Å². The lowest BCUT2D eigenvalue weighted by Gasteiger charge is -2.23. The van der Waals surface area contributed by atoms with Crippen LogP contribution in [0, 0.1) is 11.6 Å². The predicted octanol–water partition coefficient (Wildman–Crippen LogP) is 4.47. The summed E-state index contributed by atoms with van der Waals surface area (Å²) in [6, 6.07) is 6.29. The fourth-order valence-electron chi connectivity index (χ4n) is 2.29. The fourth-order valence-corrected chi connectivity index (χ4v) is 2.62. The standard InChI is InChI=1S/C16H12Cl2F2N2O/c17-12-5-6-14(18)21-15(12)16(23)22(11-3-4-11)8-9-1-2-10(19)7-13(9)20/h1-2,5-7,11H,3-4,8H2. The zero-order valence-corrected chi connectivity index (χ0v) is 13.4. The number of hydrogen-bond acceptors (Lipinski definition) is 2. The molecule has 1 amide bonds. The van der Waals surface area contributed by atoms with Crippen molar-refractivity contribution < 1.29 is 13.6 Å². The summed E-state index contributed by atoms with van der Waals surface area (Å²) >= 11 is 11.8. The Morgan fingerprint density at radius 3 is 2.61 bits per heavy atom. The lowest BCUT2D eigenvalue weighted by molar-refractivity contribution is 0.0722. The molecule has 1 aliphatic rings. The van der Waals surface area contributed by atoms with Crippen LogP contribution < -0.4 is 0 Å². The summed E-state index contributed by atoms with van der Waals surface area (Å²) in [6.07, 6.45) is 1.65. The van der Waals surface area contributed by atoms with Crippen molar-refractivity contribution in [2.24, 2.45) is 0 Å². The molecule has 3 rings (SSSR count). The fraction of sp³-hybridized carbons (Fsp3) is 0.250. The third kappa shape index (κ3) is 3.62. The highest BCUT2D eigenvalue weighted by Gasteiger charge is 2.35. The molecule has 0 saturated heterocycles. The summed E-state index contributed by atoms with van der Waals surface area (Å²) in [5.74, 6) is -1.76. The SMILES string of the molecule is O=C(c1nc(Cl)ccc1Cl)N(Cc1ccc(F)cc1F)C1CC1. The van der Waals surface area contributed by atoms with Gasteiger partial charge in [-0.1, -0.05) is 29.3 Å². The molecule has 23 heavy (non-hydrogen) atoms. The second-order valence-corrected chi connectivity index (χ2v) is 6.16. The van der Waals surface area contributed by atoms with E-state index in [4.69, 9.17) is 23.2 Å². The number of rotatable bonds is 4. The molecule has 0 N–H and O–H groups in total. The van der Waals surface area contributed by atoms with E-state index in [0.717, 1.165) is 18.9 Å². The second kappa shape index (κ2) is 6.42. The Hall–Kier alpha value is -1.72. The van der Waals surface area contributed by atoms with Gasteiger partial charge in [-0.05, 0) is 31.0 Å². The predicted molar refractivity (Wildman–Crippen MR) is 83.5 cm³/mol. The number of amides is 1. The summed E-state index contributed by atoms with van der Waals surface area (Å²) in [5.41, 5.74) is 0.276. The molecule has 0 spiro atoms. The van der Waals surface area contributed by atoms with Crippen LogP contribution in [0.5, 0.6) is 0 Å². The number of benzene rings is 1. The van der Waals surface area contributed by atoms with Gasteiger partial charge in [-0.3, -0.25) is 4.79 Å². The molecule has 1 saturated carbocycles. The highest BCUT2D eigenvalue weighted by Crippen LogP contribution is 2.31.